The van der Waals surface area contributed by atoms with Crippen LogP contribution in [-0.2, 0) is 6.18 Å². The van der Waals surface area contributed by atoms with Crippen molar-refractivity contribution in [3.8, 4) is 11.8 Å². The van der Waals surface area contributed by atoms with Gasteiger partial charge in [-0.25, -0.2) is 14.8 Å². The number of carbonyl (C=O) groups excluding carboxylic acids is 1. The number of ether oxygens (including phenoxy) is 1. The van der Waals surface area contributed by atoms with Gasteiger partial charge >= 0.3 is 12.2 Å². The lowest BCUT2D eigenvalue weighted by Gasteiger charge is -2.38. The number of aromatic nitrogens is 5. The van der Waals surface area contributed by atoms with Crippen LogP contribution in [-0.4, -0.2) is 49.2 Å². The van der Waals surface area contributed by atoms with Crippen LogP contribution in [0.1, 0.15) is 17.7 Å². The van der Waals surface area contributed by atoms with E-state index in [4.69, 9.17) is 4.74 Å². The second kappa shape index (κ2) is 9.59. The fourth-order valence-electron chi connectivity index (χ4n) is 3.03. The van der Waals surface area contributed by atoms with Crippen molar-refractivity contribution in [2.24, 2.45) is 5.92 Å². The van der Waals surface area contributed by atoms with Gasteiger partial charge in [0.15, 0.2) is 5.82 Å². The number of likely N-dealkylation sites (tertiary alicyclic amines) is 1. The number of rotatable bonds is 6. The Hall–Kier alpha value is -4.09. The van der Waals surface area contributed by atoms with E-state index in [0.29, 0.717) is 36.7 Å². The van der Waals surface area contributed by atoms with Crippen molar-refractivity contribution in [1.82, 2.24) is 30.0 Å². The molecule has 4 heterocycles. The summed E-state index contributed by atoms with van der Waals surface area (Å²) < 4.78 is 43.2. The van der Waals surface area contributed by atoms with Crippen molar-refractivity contribution in [3.63, 3.8) is 0 Å². The first-order valence-corrected chi connectivity index (χ1v) is 9.90. The quantitative estimate of drug-likeness (QED) is 0.595. The van der Waals surface area contributed by atoms with Crippen LogP contribution in [0.5, 0.6) is 11.8 Å². The first kappa shape index (κ1) is 22.1. The van der Waals surface area contributed by atoms with Gasteiger partial charge in [0.2, 0.25) is 11.8 Å². The van der Waals surface area contributed by atoms with E-state index in [0.717, 1.165) is 18.6 Å². The van der Waals surface area contributed by atoms with Crippen molar-refractivity contribution >= 4 is 17.9 Å². The molecular weight excluding hydrogens is 439 g/mol. The molecule has 3 aromatic heterocycles. The summed E-state index contributed by atoms with van der Waals surface area (Å²) in [6.07, 6.45) is 5.06. The van der Waals surface area contributed by atoms with Crippen LogP contribution >= 0.6 is 0 Å². The first-order chi connectivity index (χ1) is 15.9. The number of anilines is 1. The predicted molar refractivity (Wildman–Crippen MR) is 111 cm³/mol. The highest BCUT2D eigenvalue weighted by Gasteiger charge is 2.31. The molecule has 0 radical (unpaired) electrons. The van der Waals surface area contributed by atoms with Crippen molar-refractivity contribution in [1.29, 1.82) is 0 Å². The van der Waals surface area contributed by atoms with Gasteiger partial charge in [0, 0.05) is 31.5 Å². The molecule has 1 fully saturated rings. The third-order valence-corrected chi connectivity index (χ3v) is 4.71. The number of pyridine rings is 1. The lowest BCUT2D eigenvalue weighted by molar-refractivity contribution is -0.137. The topological polar surface area (TPSA) is 106 Å². The Balaban J connectivity index is 1.24. The van der Waals surface area contributed by atoms with E-state index >= 15 is 0 Å². The number of halogens is 3. The molecule has 0 saturated carbocycles. The molecule has 1 aliphatic rings. The monoisotopic (exact) mass is 457 g/mol. The van der Waals surface area contributed by atoms with E-state index in [1.165, 1.54) is 18.6 Å². The molecule has 1 saturated heterocycles. The minimum absolute atomic E-state index is 0.0206. The second-order valence-corrected chi connectivity index (χ2v) is 7.22. The van der Waals surface area contributed by atoms with Crippen molar-refractivity contribution < 1.29 is 22.7 Å². The molecule has 2 amide bonds. The summed E-state index contributed by atoms with van der Waals surface area (Å²) in [4.78, 5) is 25.7. The Morgan fingerprint density at radius 1 is 1.18 bits per heavy atom. The van der Waals surface area contributed by atoms with Crippen LogP contribution in [0.4, 0.5) is 23.8 Å². The zero-order valence-corrected chi connectivity index (χ0v) is 17.1. The Labute approximate surface area is 186 Å². The number of nitrogens with one attached hydrogen (secondary N) is 1. The highest BCUT2D eigenvalue weighted by molar-refractivity contribution is 5.88. The van der Waals surface area contributed by atoms with Gasteiger partial charge in [-0.15, -0.1) is 5.10 Å². The van der Waals surface area contributed by atoms with Crippen LogP contribution in [0, 0.1) is 5.92 Å². The van der Waals surface area contributed by atoms with E-state index in [9.17, 15) is 18.0 Å². The number of carbonyl (C=O) groups is 1. The van der Waals surface area contributed by atoms with Crippen LogP contribution in [0.2, 0.25) is 0 Å². The number of nitrogens with zero attached hydrogens (tertiary/aromatic N) is 6. The maximum atomic E-state index is 12.6. The van der Waals surface area contributed by atoms with Gasteiger partial charge in [0.1, 0.15) is 0 Å². The van der Waals surface area contributed by atoms with E-state index in [1.807, 2.05) is 6.08 Å². The minimum atomic E-state index is -4.46. The number of amides is 2. The maximum Gasteiger partial charge on any atom is 0.417 e. The number of hydrogen-bond acceptors (Lipinski definition) is 7. The van der Waals surface area contributed by atoms with E-state index in [1.54, 1.807) is 23.1 Å². The summed E-state index contributed by atoms with van der Waals surface area (Å²) in [5.74, 6) is 0.809. The Kier molecular flexibility index (Phi) is 6.43. The summed E-state index contributed by atoms with van der Waals surface area (Å²) >= 11 is 0. The van der Waals surface area contributed by atoms with E-state index in [-0.39, 0.29) is 17.8 Å². The van der Waals surface area contributed by atoms with Gasteiger partial charge < -0.3 is 9.64 Å². The van der Waals surface area contributed by atoms with Gasteiger partial charge in [-0.2, -0.15) is 18.3 Å². The number of hydrogen-bond donors (Lipinski definition) is 1. The molecule has 0 bridgehead atoms. The number of alkyl halides is 3. The molecule has 0 atom stereocenters. The Morgan fingerprint density at radius 3 is 2.73 bits per heavy atom. The smallest absolute Gasteiger partial charge is 0.417 e. The van der Waals surface area contributed by atoms with Gasteiger partial charge in [-0.05, 0) is 36.6 Å². The Bertz CT molecular complexity index is 1120. The fraction of sp³-hybridized carbons (Fsp3) is 0.238. The average Bonchev–Trinajstić information content (AvgIpc) is 2.76. The van der Waals surface area contributed by atoms with E-state index in [2.05, 4.69) is 30.5 Å². The third-order valence-electron chi connectivity index (χ3n) is 4.71. The number of urea groups is 1. The third kappa shape index (κ3) is 5.99. The lowest BCUT2D eigenvalue weighted by atomic mass is 9.96. The SMILES string of the molecule is O=C(Nc1cccnn1)N1CC(C/C=C/c2cncc(Oc3ccc(C(F)(F)F)cn3)n2)C1. The van der Waals surface area contributed by atoms with E-state index < -0.39 is 11.7 Å². The van der Waals surface area contributed by atoms with Crippen molar-refractivity contribution in [2.45, 2.75) is 12.6 Å². The van der Waals surface area contributed by atoms with Crippen molar-refractivity contribution in [2.75, 3.05) is 18.4 Å². The molecule has 0 aromatic carbocycles. The zero-order valence-electron chi connectivity index (χ0n) is 17.1. The largest absolute Gasteiger partial charge is 0.419 e. The molecule has 1 aliphatic heterocycles. The van der Waals surface area contributed by atoms with Crippen LogP contribution in [0.3, 0.4) is 0 Å². The molecule has 0 aliphatic carbocycles. The van der Waals surface area contributed by atoms with Gasteiger partial charge in [0.25, 0.3) is 0 Å². The minimum Gasteiger partial charge on any atom is -0.419 e. The van der Waals surface area contributed by atoms with Crippen LogP contribution in [0.25, 0.3) is 6.08 Å². The normalized spacial score (nSPS) is 14.2. The highest BCUT2D eigenvalue weighted by Crippen LogP contribution is 2.29. The summed E-state index contributed by atoms with van der Waals surface area (Å²) in [5, 5.41) is 10.2. The standard InChI is InChI=1S/C21H18F3N7O2/c22-21(23,24)15-6-7-18(26-9-15)33-19-11-25-10-16(28-19)4-1-3-14-12-31(13-14)20(32)29-17-5-2-8-27-30-17/h1-2,4-11,14H,3,12-13H2,(H,29,30,32)/b4-1+. The first-order valence-electron chi connectivity index (χ1n) is 9.90. The maximum absolute atomic E-state index is 12.6. The molecule has 12 heteroatoms. The number of allylic oxidation sites excluding steroid dienone is 1. The molecule has 0 unspecified atom stereocenters. The summed E-state index contributed by atoms with van der Waals surface area (Å²) in [7, 11) is 0. The Morgan fingerprint density at radius 2 is 2.03 bits per heavy atom. The summed E-state index contributed by atoms with van der Waals surface area (Å²) in [5.41, 5.74) is -0.339. The average molecular weight is 457 g/mol. The molecule has 170 valence electrons. The molecule has 4 rings (SSSR count). The van der Waals surface area contributed by atoms with Gasteiger partial charge in [0.05, 0.1) is 23.7 Å². The van der Waals surface area contributed by atoms with Crippen molar-refractivity contribution in [3.05, 3.63) is 66.4 Å². The predicted octanol–water partition coefficient (Wildman–Crippen LogP) is 4.04. The second-order valence-electron chi connectivity index (χ2n) is 7.22. The molecular formula is C21H18F3N7O2. The molecule has 9 nitrogen and oxygen atoms in total. The summed E-state index contributed by atoms with van der Waals surface area (Å²) in [6.45, 7) is 1.23. The van der Waals surface area contributed by atoms with Crippen LogP contribution in [0.15, 0.2) is 55.1 Å². The lowest BCUT2D eigenvalue weighted by Crippen LogP contribution is -2.51. The van der Waals surface area contributed by atoms with Gasteiger partial charge in [-0.3, -0.25) is 10.3 Å². The highest BCUT2D eigenvalue weighted by atomic mass is 19.4. The zero-order chi connectivity index (χ0) is 23.3. The molecule has 0 spiro atoms. The molecule has 3 aromatic rings. The summed E-state index contributed by atoms with van der Waals surface area (Å²) in [6, 6.07) is 5.14. The van der Waals surface area contributed by atoms with Gasteiger partial charge in [-0.1, -0.05) is 6.08 Å². The fourth-order valence-corrected chi connectivity index (χ4v) is 3.03. The molecule has 1 N–H and O–H groups in total. The molecule has 33 heavy (non-hydrogen) atoms. The van der Waals surface area contributed by atoms with Crippen LogP contribution < -0.4 is 10.1 Å².